The van der Waals surface area contributed by atoms with Crippen molar-refractivity contribution >= 4 is 28.6 Å². The summed E-state index contributed by atoms with van der Waals surface area (Å²) >= 11 is 2.11. The maximum absolute atomic E-state index is 11.5. The van der Waals surface area contributed by atoms with Crippen molar-refractivity contribution in [2.45, 2.75) is 54.7 Å². The van der Waals surface area contributed by atoms with Gasteiger partial charge < -0.3 is 9.64 Å². The van der Waals surface area contributed by atoms with Crippen LogP contribution in [0.4, 0.5) is 0 Å². The van der Waals surface area contributed by atoms with Crippen molar-refractivity contribution in [3.05, 3.63) is 0 Å². The van der Waals surface area contributed by atoms with Crippen LogP contribution in [0.25, 0.3) is 0 Å². The first-order valence-corrected chi connectivity index (χ1v) is 6.89. The number of nitrogens with zero attached hydrogens (tertiary/aromatic N) is 1. The van der Waals surface area contributed by atoms with Crippen molar-refractivity contribution in [1.29, 1.82) is 0 Å². The highest BCUT2D eigenvalue weighted by molar-refractivity contribution is 14.1. The number of hydrogen-bond donors (Lipinski definition) is 0. The van der Waals surface area contributed by atoms with Gasteiger partial charge in [0, 0.05) is 12.1 Å². The molecule has 2 aliphatic rings. The molecule has 2 bridgehead atoms. The Hall–Kier alpha value is 0.160. The van der Waals surface area contributed by atoms with Crippen molar-refractivity contribution in [1.82, 2.24) is 4.90 Å². The van der Waals surface area contributed by atoms with Crippen molar-refractivity contribution in [2.75, 3.05) is 7.05 Å². The largest absolute Gasteiger partial charge is 0.461 e. The Kier molecular flexibility index (Phi) is 3.55. The van der Waals surface area contributed by atoms with E-state index in [-0.39, 0.29) is 16.0 Å². The molecule has 0 aromatic rings. The number of esters is 1. The Balaban J connectivity index is 1.89. The summed E-state index contributed by atoms with van der Waals surface area (Å²) in [5.74, 6) is -0.0513. The molecule has 15 heavy (non-hydrogen) atoms. The molecule has 0 aromatic heterocycles. The van der Waals surface area contributed by atoms with E-state index in [0.717, 1.165) is 12.8 Å². The first kappa shape index (κ1) is 11.6. The molecule has 2 rings (SSSR count). The highest BCUT2D eigenvalue weighted by atomic mass is 127. The van der Waals surface area contributed by atoms with Gasteiger partial charge >= 0.3 is 5.97 Å². The molecule has 0 aromatic carbocycles. The smallest absolute Gasteiger partial charge is 0.318 e. The molecule has 3 unspecified atom stereocenters. The Morgan fingerprint density at radius 1 is 1.40 bits per heavy atom. The summed E-state index contributed by atoms with van der Waals surface area (Å²) in [6, 6.07) is 1.29. The zero-order valence-corrected chi connectivity index (χ0v) is 11.4. The molecule has 0 aliphatic carbocycles. The van der Waals surface area contributed by atoms with Gasteiger partial charge in [0.25, 0.3) is 0 Å². The van der Waals surface area contributed by atoms with Crippen LogP contribution >= 0.6 is 22.6 Å². The maximum atomic E-state index is 11.5. The normalized spacial score (nSPS) is 37.7. The molecule has 0 spiro atoms. The first-order chi connectivity index (χ1) is 7.08. The minimum absolute atomic E-state index is 0.0279. The van der Waals surface area contributed by atoms with E-state index in [1.54, 1.807) is 0 Å². The molecule has 4 heteroatoms. The second-order valence-electron chi connectivity index (χ2n) is 4.70. The molecule has 2 heterocycles. The summed E-state index contributed by atoms with van der Waals surface area (Å²) in [6.45, 7) is 1.88. The van der Waals surface area contributed by atoms with Gasteiger partial charge in [0.1, 0.15) is 10.0 Å². The van der Waals surface area contributed by atoms with Gasteiger partial charge in [-0.2, -0.15) is 0 Å². The number of alkyl halides is 1. The van der Waals surface area contributed by atoms with Gasteiger partial charge in [0.05, 0.1) is 0 Å². The first-order valence-electron chi connectivity index (χ1n) is 5.64. The molecular formula is C11H18INO2. The fourth-order valence-electron chi connectivity index (χ4n) is 2.72. The van der Waals surface area contributed by atoms with Gasteiger partial charge in [-0.25, -0.2) is 0 Å². The molecule has 0 radical (unpaired) electrons. The van der Waals surface area contributed by atoms with Gasteiger partial charge in [-0.3, -0.25) is 4.79 Å². The summed E-state index contributed by atoms with van der Waals surface area (Å²) in [4.78, 5) is 13.9. The van der Waals surface area contributed by atoms with E-state index in [1.807, 2.05) is 6.92 Å². The second-order valence-corrected chi connectivity index (χ2v) is 6.57. The number of piperidine rings is 1. The average Bonchev–Trinajstić information content (AvgIpc) is 2.41. The van der Waals surface area contributed by atoms with E-state index < -0.39 is 0 Å². The number of carbonyl (C=O) groups is 1. The third-order valence-corrected chi connectivity index (χ3v) is 4.17. The summed E-state index contributed by atoms with van der Waals surface area (Å²) in [5, 5.41) is 0. The number of hydrogen-bond acceptors (Lipinski definition) is 3. The predicted octanol–water partition coefficient (Wildman–Crippen LogP) is 1.98. The van der Waals surface area contributed by atoms with E-state index in [0.29, 0.717) is 12.1 Å². The lowest BCUT2D eigenvalue weighted by atomic mass is 10.0. The van der Waals surface area contributed by atoms with Crippen molar-refractivity contribution in [3.63, 3.8) is 0 Å². The number of carbonyl (C=O) groups excluding carboxylic acids is 1. The van der Waals surface area contributed by atoms with Crippen LogP contribution in [-0.4, -0.2) is 40.0 Å². The number of ether oxygens (including phenoxy) is 1. The predicted molar refractivity (Wildman–Crippen MR) is 67.2 cm³/mol. The van der Waals surface area contributed by atoms with Crippen LogP contribution in [0.2, 0.25) is 0 Å². The number of fused-ring (bicyclic) bond motifs is 2. The van der Waals surface area contributed by atoms with E-state index in [2.05, 4.69) is 34.5 Å². The molecule has 2 aliphatic heterocycles. The van der Waals surface area contributed by atoms with Gasteiger partial charge in [-0.15, -0.1) is 0 Å². The van der Waals surface area contributed by atoms with Crippen molar-refractivity contribution in [3.8, 4) is 0 Å². The molecule has 86 valence electrons. The van der Waals surface area contributed by atoms with Gasteiger partial charge in [-0.1, -0.05) is 22.6 Å². The Morgan fingerprint density at radius 2 is 1.93 bits per heavy atom. The molecule has 0 saturated carbocycles. The van der Waals surface area contributed by atoms with Crippen LogP contribution < -0.4 is 0 Å². The highest BCUT2D eigenvalue weighted by Crippen LogP contribution is 2.35. The highest BCUT2D eigenvalue weighted by Gasteiger charge is 2.39. The molecule has 2 saturated heterocycles. The van der Waals surface area contributed by atoms with E-state index in [1.165, 1.54) is 12.8 Å². The lowest BCUT2D eigenvalue weighted by Gasteiger charge is -2.35. The summed E-state index contributed by atoms with van der Waals surface area (Å²) in [7, 11) is 2.20. The molecular weight excluding hydrogens is 305 g/mol. The van der Waals surface area contributed by atoms with Crippen LogP contribution in [0, 0.1) is 0 Å². The van der Waals surface area contributed by atoms with E-state index in [4.69, 9.17) is 4.74 Å². The van der Waals surface area contributed by atoms with Crippen molar-refractivity contribution in [2.24, 2.45) is 0 Å². The second kappa shape index (κ2) is 4.57. The van der Waals surface area contributed by atoms with Crippen LogP contribution in [0.1, 0.15) is 32.6 Å². The lowest BCUT2D eigenvalue weighted by Crippen LogP contribution is -2.43. The number of halogens is 1. The fraction of sp³-hybridized carbons (Fsp3) is 0.909. The summed E-state index contributed by atoms with van der Waals surface area (Å²) < 4.78 is 5.48. The molecule has 3 nitrogen and oxygen atoms in total. The Labute approximate surface area is 105 Å². The average molecular weight is 323 g/mol. The van der Waals surface area contributed by atoms with Crippen LogP contribution in [0.15, 0.2) is 0 Å². The van der Waals surface area contributed by atoms with Crippen LogP contribution in [0.5, 0.6) is 0 Å². The zero-order chi connectivity index (χ0) is 11.0. The summed E-state index contributed by atoms with van der Waals surface area (Å²) in [5.41, 5.74) is 0. The van der Waals surface area contributed by atoms with E-state index in [9.17, 15) is 4.79 Å². The SMILES string of the molecule is CC(I)C(=O)OC1CC2CCC(C1)N2C. The Morgan fingerprint density at radius 3 is 2.40 bits per heavy atom. The number of rotatable bonds is 2. The fourth-order valence-corrected chi connectivity index (χ4v) is 2.86. The van der Waals surface area contributed by atoms with Gasteiger partial charge in [0.2, 0.25) is 0 Å². The Bertz CT molecular complexity index is 243. The maximum Gasteiger partial charge on any atom is 0.318 e. The monoisotopic (exact) mass is 323 g/mol. The molecule has 0 amide bonds. The quantitative estimate of drug-likeness (QED) is 0.442. The van der Waals surface area contributed by atoms with E-state index >= 15 is 0 Å². The zero-order valence-electron chi connectivity index (χ0n) is 9.28. The van der Waals surface area contributed by atoms with Crippen molar-refractivity contribution < 1.29 is 9.53 Å². The minimum Gasteiger partial charge on any atom is -0.461 e. The molecule has 2 fully saturated rings. The third kappa shape index (κ3) is 2.46. The topological polar surface area (TPSA) is 29.5 Å². The van der Waals surface area contributed by atoms with Crippen LogP contribution in [-0.2, 0) is 9.53 Å². The van der Waals surface area contributed by atoms with Gasteiger partial charge in [0.15, 0.2) is 0 Å². The summed E-state index contributed by atoms with van der Waals surface area (Å²) in [6.07, 6.45) is 4.78. The standard InChI is InChI=1S/C11H18INO2/c1-7(12)11(14)15-10-5-8-3-4-9(6-10)13(8)2/h7-10H,3-6H2,1-2H3. The van der Waals surface area contributed by atoms with Crippen LogP contribution in [0.3, 0.4) is 0 Å². The molecule has 0 N–H and O–H groups in total. The molecule has 3 atom stereocenters. The van der Waals surface area contributed by atoms with Gasteiger partial charge in [-0.05, 0) is 39.7 Å². The minimum atomic E-state index is -0.0513. The lowest BCUT2D eigenvalue weighted by molar-refractivity contribution is -0.150. The third-order valence-electron chi connectivity index (χ3n) is 3.66.